The Bertz CT molecular complexity index is 1850. The summed E-state index contributed by atoms with van der Waals surface area (Å²) in [6.45, 7) is 2.27. The second-order valence-electron chi connectivity index (χ2n) is 12.7. The summed E-state index contributed by atoms with van der Waals surface area (Å²) in [5, 5.41) is 3.25. The highest BCUT2D eigenvalue weighted by molar-refractivity contribution is 7.92. The van der Waals surface area contributed by atoms with Gasteiger partial charge in [-0.1, -0.05) is 97.6 Å². The van der Waals surface area contributed by atoms with Crippen molar-refractivity contribution in [2.24, 2.45) is 0 Å². The van der Waals surface area contributed by atoms with Gasteiger partial charge in [-0.2, -0.15) is 0 Å². The molecule has 0 unspecified atom stereocenters. The maximum Gasteiger partial charge on any atom is 0.264 e. The SMILES string of the molecule is Cc1cccc(CN(C(=O)CN(c2ccc3c(c2)OCCO3)S(=O)(=O)c2ccccc2)[C@@H](Cc2ccccc2)C(=O)NC2CCCCC2)c1. The molecule has 0 saturated heterocycles. The fourth-order valence-electron chi connectivity index (χ4n) is 6.54. The summed E-state index contributed by atoms with van der Waals surface area (Å²) in [5.41, 5.74) is 3.01. The minimum absolute atomic E-state index is 0.0307. The van der Waals surface area contributed by atoms with Crippen LogP contribution in [-0.4, -0.2) is 57.0 Å². The summed E-state index contributed by atoms with van der Waals surface area (Å²) in [5.74, 6) is 0.154. The fraction of sp³-hybridized carbons (Fsp3) is 0.333. The predicted octanol–water partition coefficient (Wildman–Crippen LogP) is 6.05. The van der Waals surface area contributed by atoms with Gasteiger partial charge in [-0.15, -0.1) is 0 Å². The molecule has 0 spiro atoms. The lowest BCUT2D eigenvalue weighted by Crippen LogP contribution is -2.55. The number of anilines is 1. The molecule has 1 aliphatic carbocycles. The first-order chi connectivity index (χ1) is 23.8. The number of carbonyl (C=O) groups is 2. The summed E-state index contributed by atoms with van der Waals surface area (Å²) < 4.78 is 41.2. The van der Waals surface area contributed by atoms with Crippen LogP contribution in [0.5, 0.6) is 11.5 Å². The van der Waals surface area contributed by atoms with Crippen molar-refractivity contribution in [2.75, 3.05) is 24.1 Å². The number of sulfonamides is 1. The molecule has 49 heavy (non-hydrogen) atoms. The maximum atomic E-state index is 14.8. The first-order valence-electron chi connectivity index (χ1n) is 16.9. The van der Waals surface area contributed by atoms with Gasteiger partial charge in [0.2, 0.25) is 11.8 Å². The molecule has 9 nitrogen and oxygen atoms in total. The lowest BCUT2D eigenvalue weighted by Gasteiger charge is -2.35. The fourth-order valence-corrected chi connectivity index (χ4v) is 7.97. The molecule has 2 amide bonds. The second kappa shape index (κ2) is 15.6. The van der Waals surface area contributed by atoms with Gasteiger partial charge >= 0.3 is 0 Å². The molecular weight excluding hydrogens is 639 g/mol. The Kier molecular flexibility index (Phi) is 10.8. The molecule has 0 bridgehead atoms. The van der Waals surface area contributed by atoms with Crippen LogP contribution in [0.25, 0.3) is 0 Å². The average molecular weight is 682 g/mol. The highest BCUT2D eigenvalue weighted by Gasteiger charge is 2.36. The van der Waals surface area contributed by atoms with Crippen LogP contribution in [0.4, 0.5) is 5.69 Å². The number of rotatable bonds is 12. The number of aryl methyl sites for hydroxylation is 1. The van der Waals surface area contributed by atoms with Gasteiger partial charge in [-0.05, 0) is 55.2 Å². The van der Waals surface area contributed by atoms with Crippen LogP contribution in [0.2, 0.25) is 0 Å². The summed E-state index contributed by atoms with van der Waals surface area (Å²) in [6.07, 6.45) is 5.28. The third kappa shape index (κ3) is 8.43. The van der Waals surface area contributed by atoms with E-state index < -0.39 is 28.5 Å². The Morgan fingerprint density at radius 3 is 2.18 bits per heavy atom. The number of hydrogen-bond acceptors (Lipinski definition) is 6. The first-order valence-corrected chi connectivity index (χ1v) is 18.4. The number of nitrogens with one attached hydrogen (secondary N) is 1. The smallest absolute Gasteiger partial charge is 0.264 e. The number of amides is 2. The van der Waals surface area contributed by atoms with Crippen LogP contribution < -0.4 is 19.1 Å². The van der Waals surface area contributed by atoms with Crippen LogP contribution in [-0.2, 0) is 32.6 Å². The molecule has 1 N–H and O–H groups in total. The number of fused-ring (bicyclic) bond motifs is 1. The van der Waals surface area contributed by atoms with Crippen molar-refractivity contribution in [3.8, 4) is 11.5 Å². The lowest BCUT2D eigenvalue weighted by atomic mass is 9.94. The average Bonchev–Trinajstić information content (AvgIpc) is 3.13. The quantitative estimate of drug-likeness (QED) is 0.195. The topological polar surface area (TPSA) is 105 Å². The van der Waals surface area contributed by atoms with Gasteiger partial charge < -0.3 is 19.7 Å². The van der Waals surface area contributed by atoms with E-state index in [1.165, 1.54) is 12.1 Å². The van der Waals surface area contributed by atoms with Crippen molar-refractivity contribution < 1.29 is 27.5 Å². The van der Waals surface area contributed by atoms with Crippen LogP contribution in [0.15, 0.2) is 108 Å². The number of ether oxygens (including phenoxy) is 2. The van der Waals surface area contributed by atoms with Crippen LogP contribution in [0.1, 0.15) is 48.8 Å². The number of nitrogens with zero attached hydrogens (tertiary/aromatic N) is 2. The Morgan fingerprint density at radius 1 is 0.796 bits per heavy atom. The van der Waals surface area contributed by atoms with E-state index in [4.69, 9.17) is 9.47 Å². The Morgan fingerprint density at radius 2 is 1.47 bits per heavy atom. The minimum Gasteiger partial charge on any atom is -0.486 e. The van der Waals surface area contributed by atoms with Gasteiger partial charge in [0.1, 0.15) is 25.8 Å². The number of benzene rings is 4. The minimum atomic E-state index is -4.23. The standard InChI is InChI=1S/C39H43N3O6S/c1-29-12-11-15-31(24-29)27-41(35(25-30-13-5-2-6-14-30)39(44)40-32-16-7-3-8-17-32)38(43)28-42(49(45,46)34-18-9-4-10-19-34)33-20-21-36-37(26-33)48-23-22-47-36/h2,4-6,9-15,18-21,24,26,32,35H,3,7-8,16-17,22-23,25,27-28H2,1H3,(H,40,44)/t35-/m0/s1. The van der Waals surface area contributed by atoms with Crippen molar-refractivity contribution in [2.45, 2.75) is 69.0 Å². The maximum absolute atomic E-state index is 14.8. The largest absolute Gasteiger partial charge is 0.486 e. The van der Waals surface area contributed by atoms with Crippen molar-refractivity contribution in [3.05, 3.63) is 120 Å². The zero-order chi connectivity index (χ0) is 34.2. The van der Waals surface area contributed by atoms with E-state index in [9.17, 15) is 18.0 Å². The highest BCUT2D eigenvalue weighted by Crippen LogP contribution is 2.36. The summed E-state index contributed by atoms with van der Waals surface area (Å²) in [4.78, 5) is 30.7. The van der Waals surface area contributed by atoms with Crippen molar-refractivity contribution in [1.29, 1.82) is 0 Å². The third-order valence-electron chi connectivity index (χ3n) is 9.08. The molecule has 10 heteroatoms. The van der Waals surface area contributed by atoms with Crippen LogP contribution in [0, 0.1) is 6.92 Å². The van der Waals surface area contributed by atoms with Crippen molar-refractivity contribution in [3.63, 3.8) is 0 Å². The molecule has 1 heterocycles. The summed E-state index contributed by atoms with van der Waals surface area (Å²) in [7, 11) is -4.23. The summed E-state index contributed by atoms with van der Waals surface area (Å²) in [6, 6.07) is 29.5. The normalized spacial score (nSPS) is 15.2. The second-order valence-corrected chi connectivity index (χ2v) is 14.6. The van der Waals surface area contributed by atoms with E-state index in [2.05, 4.69) is 5.32 Å². The van der Waals surface area contributed by atoms with Gasteiger partial charge in [-0.3, -0.25) is 13.9 Å². The molecule has 256 valence electrons. The first kappa shape index (κ1) is 34.0. The molecule has 0 radical (unpaired) electrons. The van der Waals surface area contributed by atoms with Gasteiger partial charge in [-0.25, -0.2) is 8.42 Å². The van der Waals surface area contributed by atoms with E-state index >= 15 is 0 Å². The van der Waals surface area contributed by atoms with E-state index in [-0.39, 0.29) is 35.5 Å². The van der Waals surface area contributed by atoms with Crippen LogP contribution >= 0.6 is 0 Å². The number of hydrogen-bond donors (Lipinski definition) is 1. The highest BCUT2D eigenvalue weighted by atomic mass is 32.2. The molecule has 1 saturated carbocycles. The monoisotopic (exact) mass is 681 g/mol. The molecule has 0 aromatic heterocycles. The van der Waals surface area contributed by atoms with Gasteiger partial charge in [0.25, 0.3) is 10.0 Å². The molecule has 4 aromatic carbocycles. The van der Waals surface area contributed by atoms with Gasteiger partial charge in [0.15, 0.2) is 11.5 Å². The van der Waals surface area contributed by atoms with E-state index in [0.29, 0.717) is 24.7 Å². The van der Waals surface area contributed by atoms with Crippen LogP contribution in [0.3, 0.4) is 0 Å². The molecule has 1 fully saturated rings. The molecular formula is C39H43N3O6S. The molecule has 2 aliphatic rings. The molecule has 4 aromatic rings. The van der Waals surface area contributed by atoms with E-state index in [1.807, 2.05) is 61.5 Å². The summed E-state index contributed by atoms with van der Waals surface area (Å²) >= 11 is 0. The lowest BCUT2D eigenvalue weighted by molar-refractivity contribution is -0.140. The Hall–Kier alpha value is -4.83. The molecule has 1 aliphatic heterocycles. The van der Waals surface area contributed by atoms with E-state index in [0.717, 1.165) is 53.1 Å². The Balaban J connectivity index is 1.40. The number of carbonyl (C=O) groups excluding carboxylic acids is 2. The van der Waals surface area contributed by atoms with Crippen molar-refractivity contribution >= 4 is 27.5 Å². The van der Waals surface area contributed by atoms with Gasteiger partial charge in [0.05, 0.1) is 10.6 Å². The predicted molar refractivity (Wildman–Crippen MR) is 189 cm³/mol. The van der Waals surface area contributed by atoms with Gasteiger partial charge in [0, 0.05) is 25.1 Å². The molecule has 1 atom stereocenters. The molecule has 6 rings (SSSR count). The van der Waals surface area contributed by atoms with Crippen molar-refractivity contribution in [1.82, 2.24) is 10.2 Å². The zero-order valence-corrected chi connectivity index (χ0v) is 28.6. The Labute approximate surface area is 288 Å². The van der Waals surface area contributed by atoms with E-state index in [1.54, 1.807) is 41.3 Å². The third-order valence-corrected chi connectivity index (χ3v) is 10.9. The zero-order valence-electron chi connectivity index (χ0n) is 27.8.